The molecule has 0 aromatic heterocycles. The average Bonchev–Trinajstić information content (AvgIpc) is 2.19. The Hall–Kier alpha value is -1.05. The van der Waals surface area contributed by atoms with Crippen LogP contribution >= 0.6 is 11.6 Å². The fourth-order valence-electron chi connectivity index (χ4n) is 1.10. The average molecular weight is 209 g/mol. The van der Waals surface area contributed by atoms with Gasteiger partial charge < -0.3 is 5.11 Å². The van der Waals surface area contributed by atoms with Crippen LogP contribution in [-0.2, 0) is 0 Å². The summed E-state index contributed by atoms with van der Waals surface area (Å²) in [7, 11) is 0. The Morgan fingerprint density at radius 1 is 1.43 bits per heavy atom. The fraction of sp³-hybridized carbons (Fsp3) is 0.167. The summed E-state index contributed by atoms with van der Waals surface area (Å²) >= 11 is 6.00. The van der Waals surface area contributed by atoms with Crippen molar-refractivity contribution in [2.45, 2.75) is 12.5 Å². The van der Waals surface area contributed by atoms with Crippen molar-refractivity contribution < 1.29 is 5.11 Å². The molecule has 74 valence electrons. The molecule has 1 aromatic carbocycles. The smallest absolute Gasteiger partial charge is 0.0772 e. The highest BCUT2D eigenvalue weighted by atomic mass is 35.5. The normalized spacial score (nSPS) is 13.7. The van der Waals surface area contributed by atoms with E-state index in [1.807, 2.05) is 30.3 Å². The van der Waals surface area contributed by atoms with E-state index in [0.717, 1.165) is 5.56 Å². The minimum Gasteiger partial charge on any atom is -0.389 e. The maximum Gasteiger partial charge on any atom is 0.0772 e. The summed E-state index contributed by atoms with van der Waals surface area (Å²) in [6.45, 7) is 3.55. The van der Waals surface area contributed by atoms with Crippen molar-refractivity contribution in [1.29, 1.82) is 0 Å². The molecular formula is C12H13ClO. The van der Waals surface area contributed by atoms with Crippen molar-refractivity contribution in [1.82, 2.24) is 0 Å². The van der Waals surface area contributed by atoms with Gasteiger partial charge in [0.05, 0.1) is 6.10 Å². The van der Waals surface area contributed by atoms with Gasteiger partial charge in [-0.15, -0.1) is 6.58 Å². The third-order valence-corrected chi connectivity index (χ3v) is 2.14. The quantitative estimate of drug-likeness (QED) is 0.754. The second kappa shape index (κ2) is 5.63. The molecule has 1 nitrogen and oxygen atoms in total. The van der Waals surface area contributed by atoms with Gasteiger partial charge in [0.2, 0.25) is 0 Å². The van der Waals surface area contributed by atoms with E-state index in [4.69, 9.17) is 11.6 Å². The molecule has 2 heteroatoms. The van der Waals surface area contributed by atoms with Gasteiger partial charge in [-0.3, -0.25) is 0 Å². The number of hydrogen-bond acceptors (Lipinski definition) is 1. The predicted octanol–water partition coefficient (Wildman–Crippen LogP) is 3.20. The number of hydrogen-bond donors (Lipinski definition) is 1. The fourth-order valence-corrected chi connectivity index (χ4v) is 1.37. The van der Waals surface area contributed by atoms with Crippen molar-refractivity contribution in [2.24, 2.45) is 0 Å². The summed E-state index contributed by atoms with van der Waals surface area (Å²) in [5, 5.41) is 10.0. The lowest BCUT2D eigenvalue weighted by Crippen LogP contribution is -1.99. The van der Waals surface area contributed by atoms with Crippen molar-refractivity contribution in [3.05, 3.63) is 54.6 Å². The monoisotopic (exact) mass is 208 g/mol. The first-order valence-electron chi connectivity index (χ1n) is 4.45. The van der Waals surface area contributed by atoms with Crippen LogP contribution in [0.3, 0.4) is 0 Å². The van der Waals surface area contributed by atoms with Crippen LogP contribution in [0.25, 0.3) is 5.03 Å². The van der Waals surface area contributed by atoms with Gasteiger partial charge in [0.1, 0.15) is 0 Å². The van der Waals surface area contributed by atoms with Gasteiger partial charge in [0.25, 0.3) is 0 Å². The van der Waals surface area contributed by atoms with Gasteiger partial charge in [-0.2, -0.15) is 0 Å². The molecule has 0 fully saturated rings. The highest BCUT2D eigenvalue weighted by molar-refractivity contribution is 6.48. The molecule has 1 aromatic rings. The molecule has 1 N–H and O–H groups in total. The van der Waals surface area contributed by atoms with E-state index in [-0.39, 0.29) is 0 Å². The largest absolute Gasteiger partial charge is 0.389 e. The first-order chi connectivity index (χ1) is 6.74. The third-order valence-electron chi connectivity index (χ3n) is 1.80. The van der Waals surface area contributed by atoms with Gasteiger partial charge in [0, 0.05) is 5.03 Å². The van der Waals surface area contributed by atoms with Crippen LogP contribution in [0.2, 0.25) is 0 Å². The summed E-state index contributed by atoms with van der Waals surface area (Å²) in [5.41, 5.74) is 0.914. The van der Waals surface area contributed by atoms with Crippen LogP contribution in [0.15, 0.2) is 49.1 Å². The maximum atomic E-state index is 9.45. The van der Waals surface area contributed by atoms with Crippen molar-refractivity contribution in [3.63, 3.8) is 0 Å². The topological polar surface area (TPSA) is 20.2 Å². The highest BCUT2D eigenvalue weighted by Crippen LogP contribution is 2.19. The van der Waals surface area contributed by atoms with Gasteiger partial charge in [-0.25, -0.2) is 0 Å². The van der Waals surface area contributed by atoms with Gasteiger partial charge in [-0.1, -0.05) is 48.0 Å². The Balaban J connectivity index is 2.74. The molecule has 0 radical (unpaired) electrons. The summed E-state index contributed by atoms with van der Waals surface area (Å²) in [6, 6.07) is 9.55. The van der Waals surface area contributed by atoms with Crippen molar-refractivity contribution in [2.75, 3.05) is 0 Å². The third kappa shape index (κ3) is 3.36. The summed E-state index contributed by atoms with van der Waals surface area (Å²) < 4.78 is 0. The van der Waals surface area contributed by atoms with Crippen LogP contribution in [0.1, 0.15) is 12.0 Å². The highest BCUT2D eigenvalue weighted by Gasteiger charge is 2.01. The Morgan fingerprint density at radius 2 is 2.07 bits per heavy atom. The van der Waals surface area contributed by atoms with E-state index in [9.17, 15) is 5.11 Å². The van der Waals surface area contributed by atoms with E-state index in [0.29, 0.717) is 11.5 Å². The molecule has 1 unspecified atom stereocenters. The zero-order chi connectivity index (χ0) is 10.4. The standard InChI is InChI=1S/C12H13ClO/c1-2-6-11(14)9-12(13)10-7-4-3-5-8-10/h2-5,7-9,11,14H,1,6H2/b12-9-. The lowest BCUT2D eigenvalue weighted by Gasteiger charge is -2.03. The van der Waals surface area contributed by atoms with Gasteiger partial charge >= 0.3 is 0 Å². The maximum absolute atomic E-state index is 9.45. The minimum atomic E-state index is -0.555. The lowest BCUT2D eigenvalue weighted by molar-refractivity contribution is 0.228. The van der Waals surface area contributed by atoms with Gasteiger partial charge in [0.15, 0.2) is 0 Å². The molecule has 0 aliphatic carbocycles. The summed E-state index contributed by atoms with van der Waals surface area (Å²) in [6.07, 6.45) is 3.25. The zero-order valence-electron chi connectivity index (χ0n) is 7.86. The Morgan fingerprint density at radius 3 is 2.64 bits per heavy atom. The predicted molar refractivity (Wildman–Crippen MR) is 61.1 cm³/mol. The molecule has 14 heavy (non-hydrogen) atoms. The SMILES string of the molecule is C=CCC(O)/C=C(\Cl)c1ccccc1. The van der Waals surface area contributed by atoms with Gasteiger partial charge in [-0.05, 0) is 18.1 Å². The molecule has 1 rings (SSSR count). The molecule has 0 saturated heterocycles. The second-order valence-electron chi connectivity index (χ2n) is 2.97. The first kappa shape index (κ1) is 11.0. The van der Waals surface area contributed by atoms with E-state index in [2.05, 4.69) is 6.58 Å². The number of benzene rings is 1. The molecular weight excluding hydrogens is 196 g/mol. The van der Waals surface area contributed by atoms with E-state index < -0.39 is 6.10 Å². The van der Waals surface area contributed by atoms with Crippen LogP contribution in [-0.4, -0.2) is 11.2 Å². The number of rotatable bonds is 4. The molecule has 0 bridgehead atoms. The van der Waals surface area contributed by atoms with E-state index >= 15 is 0 Å². The first-order valence-corrected chi connectivity index (χ1v) is 4.83. The Bertz CT molecular complexity index is 316. The van der Waals surface area contributed by atoms with Crippen LogP contribution in [0.5, 0.6) is 0 Å². The van der Waals surface area contributed by atoms with Crippen LogP contribution in [0.4, 0.5) is 0 Å². The molecule has 0 heterocycles. The second-order valence-corrected chi connectivity index (χ2v) is 3.38. The zero-order valence-corrected chi connectivity index (χ0v) is 8.61. The van der Waals surface area contributed by atoms with Crippen molar-refractivity contribution >= 4 is 16.6 Å². The summed E-state index contributed by atoms with van der Waals surface area (Å²) in [4.78, 5) is 0. The number of aliphatic hydroxyl groups is 1. The number of halogens is 1. The molecule has 1 atom stereocenters. The van der Waals surface area contributed by atoms with Crippen LogP contribution in [0, 0.1) is 0 Å². The minimum absolute atomic E-state index is 0.517. The Kier molecular flexibility index (Phi) is 4.44. The summed E-state index contributed by atoms with van der Waals surface area (Å²) in [5.74, 6) is 0. The van der Waals surface area contributed by atoms with Crippen molar-refractivity contribution in [3.8, 4) is 0 Å². The molecule has 0 aliphatic heterocycles. The number of aliphatic hydroxyl groups excluding tert-OH is 1. The molecule has 0 saturated carbocycles. The molecule has 0 spiro atoms. The van der Waals surface area contributed by atoms with E-state index in [1.54, 1.807) is 12.2 Å². The Labute approximate surface area is 89.3 Å². The lowest BCUT2D eigenvalue weighted by atomic mass is 10.1. The van der Waals surface area contributed by atoms with Crippen LogP contribution < -0.4 is 0 Å². The molecule has 0 amide bonds. The van der Waals surface area contributed by atoms with E-state index in [1.165, 1.54) is 0 Å². The molecule has 0 aliphatic rings.